The quantitative estimate of drug-likeness (QED) is 0.516. The number of thiazole rings is 1. The minimum atomic E-state index is -1.34. The van der Waals surface area contributed by atoms with Gasteiger partial charge in [0.1, 0.15) is 23.2 Å². The molecule has 3 rings (SSSR count). The molecule has 0 amide bonds. The fraction of sp³-hybridized carbons (Fsp3) is 0.167. The van der Waals surface area contributed by atoms with Crippen LogP contribution in [0.15, 0.2) is 23.7 Å². The Morgan fingerprint density at radius 2 is 2.25 bits per heavy atom. The minimum Gasteiger partial charge on any atom is -0.372 e. The number of rotatable bonds is 2. The van der Waals surface area contributed by atoms with Crippen LogP contribution in [0.1, 0.15) is 10.4 Å². The zero-order chi connectivity index (χ0) is 14.3. The van der Waals surface area contributed by atoms with Crippen LogP contribution in [-0.4, -0.2) is 33.4 Å². The van der Waals surface area contributed by atoms with Gasteiger partial charge in [0.15, 0.2) is 17.1 Å². The Morgan fingerprint density at radius 3 is 2.90 bits per heavy atom. The molecule has 0 saturated carbocycles. The molecule has 102 valence electrons. The third-order valence-corrected chi connectivity index (χ3v) is 3.98. The molecule has 6 nitrogen and oxygen atoms in total. The second kappa shape index (κ2) is 4.93. The maximum Gasteiger partial charge on any atom is 0.193 e. The van der Waals surface area contributed by atoms with Crippen molar-refractivity contribution < 1.29 is 14.7 Å². The number of aldehydes is 1. The fourth-order valence-electron chi connectivity index (χ4n) is 2.07. The van der Waals surface area contributed by atoms with Crippen LogP contribution in [0.5, 0.6) is 0 Å². The molecule has 0 spiro atoms. The molecule has 2 unspecified atom stereocenters. The lowest BCUT2D eigenvalue weighted by atomic mass is 9.93. The Hall–Kier alpha value is -1.83. The molecule has 8 heteroatoms. The summed E-state index contributed by atoms with van der Waals surface area (Å²) in [4.78, 5) is 32.8. The highest BCUT2D eigenvalue weighted by Crippen LogP contribution is 2.38. The number of ketones is 1. The van der Waals surface area contributed by atoms with Crippen molar-refractivity contribution in [2.75, 3.05) is 4.90 Å². The third-order valence-electron chi connectivity index (χ3n) is 3.00. The van der Waals surface area contributed by atoms with Crippen LogP contribution in [0.25, 0.3) is 0 Å². The molecule has 2 atom stereocenters. The first-order valence-electron chi connectivity index (χ1n) is 5.66. The van der Waals surface area contributed by atoms with Gasteiger partial charge in [-0.05, 0) is 12.1 Å². The molecule has 20 heavy (non-hydrogen) atoms. The van der Waals surface area contributed by atoms with E-state index in [2.05, 4.69) is 9.97 Å². The molecule has 0 fully saturated rings. The van der Waals surface area contributed by atoms with Crippen molar-refractivity contribution in [3.63, 3.8) is 0 Å². The fourth-order valence-corrected chi connectivity index (χ4v) is 2.89. The van der Waals surface area contributed by atoms with Crippen molar-refractivity contribution in [2.45, 2.75) is 6.23 Å². The smallest absolute Gasteiger partial charge is 0.193 e. The highest BCUT2D eigenvalue weighted by Gasteiger charge is 2.42. The number of Topliss-reactive ketones (excluding diaryl/α,β-unsaturated/α-hetero) is 1. The Labute approximate surface area is 122 Å². The van der Waals surface area contributed by atoms with E-state index < -0.39 is 17.9 Å². The molecule has 0 aliphatic carbocycles. The Kier molecular flexibility index (Phi) is 3.25. The van der Waals surface area contributed by atoms with E-state index in [1.807, 2.05) is 0 Å². The van der Waals surface area contributed by atoms with Gasteiger partial charge in [0.2, 0.25) is 0 Å². The Morgan fingerprint density at radius 1 is 1.45 bits per heavy atom. The van der Waals surface area contributed by atoms with E-state index in [4.69, 9.17) is 11.6 Å². The van der Waals surface area contributed by atoms with Crippen molar-refractivity contribution in [3.8, 4) is 0 Å². The summed E-state index contributed by atoms with van der Waals surface area (Å²) >= 11 is 7.11. The standard InChI is InChI=1S/C12H8ClN3O3S/c13-8-2-1-6-9(18)7(5-17)11(19)16(10(6)15-8)12-14-3-4-20-12/h1-5,7,11,19H. The SMILES string of the molecule is O=CC1C(=O)c2ccc(Cl)nc2N(c2nccs2)C1O. The second-order valence-electron chi connectivity index (χ2n) is 4.13. The van der Waals surface area contributed by atoms with Gasteiger partial charge in [-0.25, -0.2) is 9.97 Å². The molecule has 2 aromatic heterocycles. The van der Waals surface area contributed by atoms with E-state index in [-0.39, 0.29) is 16.5 Å². The van der Waals surface area contributed by atoms with E-state index in [0.29, 0.717) is 11.4 Å². The first-order chi connectivity index (χ1) is 9.63. The maximum absolute atomic E-state index is 12.2. The summed E-state index contributed by atoms with van der Waals surface area (Å²) in [5.41, 5.74) is 0.243. The van der Waals surface area contributed by atoms with Crippen LogP contribution < -0.4 is 4.90 Å². The van der Waals surface area contributed by atoms with E-state index >= 15 is 0 Å². The van der Waals surface area contributed by atoms with E-state index in [0.717, 1.165) is 0 Å². The predicted octanol–water partition coefficient (Wildman–Crippen LogP) is 1.66. The van der Waals surface area contributed by atoms with Gasteiger partial charge in [-0.2, -0.15) is 0 Å². The molecular formula is C12H8ClN3O3S. The third kappa shape index (κ3) is 1.91. The number of carbonyl (C=O) groups excluding carboxylic acids is 2. The van der Waals surface area contributed by atoms with Crippen molar-refractivity contribution in [2.24, 2.45) is 5.92 Å². The molecule has 0 bridgehead atoms. The molecule has 1 N–H and O–H groups in total. The zero-order valence-electron chi connectivity index (χ0n) is 9.93. The summed E-state index contributed by atoms with van der Waals surface area (Å²) in [6, 6.07) is 2.97. The van der Waals surface area contributed by atoms with E-state index in [1.165, 1.54) is 28.4 Å². The predicted molar refractivity (Wildman–Crippen MR) is 73.4 cm³/mol. The Bertz CT molecular complexity index is 677. The van der Waals surface area contributed by atoms with Gasteiger partial charge in [-0.1, -0.05) is 11.6 Å². The average molecular weight is 310 g/mol. The molecule has 3 heterocycles. The molecular weight excluding hydrogens is 302 g/mol. The number of anilines is 2. The highest BCUT2D eigenvalue weighted by atomic mass is 35.5. The Balaban J connectivity index is 2.23. The summed E-state index contributed by atoms with van der Waals surface area (Å²) in [5, 5.41) is 12.6. The minimum absolute atomic E-state index is 0.190. The number of aromatic nitrogens is 2. The summed E-state index contributed by atoms with van der Waals surface area (Å²) in [6.07, 6.45) is 0.652. The summed E-state index contributed by atoms with van der Waals surface area (Å²) in [7, 11) is 0. The summed E-state index contributed by atoms with van der Waals surface area (Å²) in [5.74, 6) is -1.43. The van der Waals surface area contributed by atoms with Crippen LogP contribution in [0.2, 0.25) is 5.15 Å². The molecule has 0 saturated heterocycles. The lowest BCUT2D eigenvalue weighted by Crippen LogP contribution is -2.47. The number of fused-ring (bicyclic) bond motifs is 1. The van der Waals surface area contributed by atoms with Gasteiger partial charge < -0.3 is 9.90 Å². The van der Waals surface area contributed by atoms with E-state index in [1.54, 1.807) is 11.6 Å². The highest BCUT2D eigenvalue weighted by molar-refractivity contribution is 7.13. The van der Waals surface area contributed by atoms with Gasteiger partial charge in [-0.3, -0.25) is 9.69 Å². The number of pyridine rings is 1. The number of halogens is 1. The van der Waals surface area contributed by atoms with Gasteiger partial charge in [0, 0.05) is 11.6 Å². The normalized spacial score (nSPS) is 21.7. The van der Waals surface area contributed by atoms with Crippen LogP contribution in [0, 0.1) is 5.92 Å². The molecule has 1 aliphatic rings. The maximum atomic E-state index is 12.2. The number of carbonyl (C=O) groups is 2. The second-order valence-corrected chi connectivity index (χ2v) is 5.39. The first kappa shape index (κ1) is 13.2. The number of hydrogen-bond donors (Lipinski definition) is 1. The number of hydrogen-bond acceptors (Lipinski definition) is 7. The lowest BCUT2D eigenvalue weighted by molar-refractivity contribution is -0.112. The van der Waals surface area contributed by atoms with Crippen molar-refractivity contribution in [1.82, 2.24) is 9.97 Å². The summed E-state index contributed by atoms with van der Waals surface area (Å²) < 4.78 is 0. The van der Waals surface area contributed by atoms with Crippen LogP contribution in [0.4, 0.5) is 10.9 Å². The van der Waals surface area contributed by atoms with E-state index in [9.17, 15) is 14.7 Å². The van der Waals surface area contributed by atoms with Gasteiger partial charge in [0.05, 0.1) is 5.56 Å². The number of aliphatic hydroxyl groups excluding tert-OH is 1. The van der Waals surface area contributed by atoms with Crippen LogP contribution in [0.3, 0.4) is 0 Å². The number of aliphatic hydroxyl groups is 1. The zero-order valence-corrected chi connectivity index (χ0v) is 11.5. The average Bonchev–Trinajstić information content (AvgIpc) is 2.93. The van der Waals surface area contributed by atoms with Crippen LogP contribution in [-0.2, 0) is 4.79 Å². The van der Waals surface area contributed by atoms with Crippen molar-refractivity contribution in [3.05, 3.63) is 34.4 Å². The molecule has 0 aromatic carbocycles. The number of nitrogens with zero attached hydrogens (tertiary/aromatic N) is 3. The van der Waals surface area contributed by atoms with Crippen molar-refractivity contribution in [1.29, 1.82) is 0 Å². The van der Waals surface area contributed by atoms with Crippen molar-refractivity contribution >= 4 is 46.0 Å². The monoisotopic (exact) mass is 309 g/mol. The lowest BCUT2D eigenvalue weighted by Gasteiger charge is -2.34. The first-order valence-corrected chi connectivity index (χ1v) is 6.92. The largest absolute Gasteiger partial charge is 0.372 e. The molecule has 0 radical (unpaired) electrons. The van der Waals surface area contributed by atoms with Gasteiger partial charge >= 0.3 is 0 Å². The molecule has 1 aliphatic heterocycles. The summed E-state index contributed by atoms with van der Waals surface area (Å²) in [6.45, 7) is 0. The topological polar surface area (TPSA) is 83.4 Å². The van der Waals surface area contributed by atoms with Crippen LogP contribution >= 0.6 is 22.9 Å². The van der Waals surface area contributed by atoms with Gasteiger partial charge in [0.25, 0.3) is 0 Å². The molecule has 2 aromatic rings. The van der Waals surface area contributed by atoms with Gasteiger partial charge in [-0.15, -0.1) is 11.3 Å².